The van der Waals surface area contributed by atoms with Crippen molar-refractivity contribution < 1.29 is 0 Å². The maximum absolute atomic E-state index is 4.44. The summed E-state index contributed by atoms with van der Waals surface area (Å²) in [6, 6.07) is 6.21. The Labute approximate surface area is 102 Å². The molecule has 0 atom stereocenters. The lowest BCUT2D eigenvalue weighted by Gasteiger charge is -2.02. The van der Waals surface area contributed by atoms with Crippen molar-refractivity contribution in [2.75, 3.05) is 0 Å². The molecule has 2 heterocycles. The molecule has 1 aromatic carbocycles. The zero-order valence-corrected chi connectivity index (χ0v) is 10.3. The zero-order valence-electron chi connectivity index (χ0n) is 8.70. The Kier molecular flexibility index (Phi) is 2.40. The predicted molar refractivity (Wildman–Crippen MR) is 71.6 cm³/mol. The average Bonchev–Trinajstić information content (AvgIpc) is 2.57. The molecular formula is C13H11BrN2. The summed E-state index contributed by atoms with van der Waals surface area (Å²) in [7, 11) is 0. The van der Waals surface area contributed by atoms with Crippen molar-refractivity contribution in [2.24, 2.45) is 4.99 Å². The van der Waals surface area contributed by atoms with Crippen molar-refractivity contribution in [3.63, 3.8) is 0 Å². The lowest BCUT2D eigenvalue weighted by atomic mass is 10.1. The highest BCUT2D eigenvalue weighted by molar-refractivity contribution is 9.10. The van der Waals surface area contributed by atoms with Crippen LogP contribution >= 0.6 is 15.9 Å². The molecule has 0 unspecified atom stereocenters. The number of fused-ring (bicyclic) bond motifs is 3. The number of nitrogens with one attached hydrogen (secondary N) is 1. The van der Waals surface area contributed by atoms with Gasteiger partial charge in [0, 0.05) is 27.2 Å². The van der Waals surface area contributed by atoms with Crippen LogP contribution in [0.25, 0.3) is 10.9 Å². The monoisotopic (exact) mass is 274 g/mol. The molecule has 0 radical (unpaired) electrons. The Morgan fingerprint density at radius 2 is 2.25 bits per heavy atom. The Morgan fingerprint density at radius 3 is 3.19 bits per heavy atom. The third-order valence-corrected chi connectivity index (χ3v) is 3.50. The second kappa shape index (κ2) is 3.91. The minimum atomic E-state index is 0.992. The van der Waals surface area contributed by atoms with Crippen molar-refractivity contribution in [2.45, 2.75) is 12.8 Å². The van der Waals surface area contributed by atoms with E-state index in [2.05, 4.69) is 44.1 Å². The van der Waals surface area contributed by atoms with Crippen LogP contribution in [0.3, 0.4) is 0 Å². The Balaban J connectivity index is 2.32. The summed E-state index contributed by atoms with van der Waals surface area (Å²) < 4.78 is 1.14. The minimum absolute atomic E-state index is 0.992. The van der Waals surface area contributed by atoms with E-state index in [9.17, 15) is 0 Å². The van der Waals surface area contributed by atoms with Crippen molar-refractivity contribution in [3.05, 3.63) is 40.4 Å². The molecule has 2 nitrogen and oxygen atoms in total. The molecule has 0 saturated heterocycles. The van der Waals surface area contributed by atoms with Gasteiger partial charge in [-0.3, -0.25) is 0 Å². The van der Waals surface area contributed by atoms with Gasteiger partial charge in [-0.1, -0.05) is 28.1 Å². The number of aryl methyl sites for hydroxylation is 1. The van der Waals surface area contributed by atoms with Gasteiger partial charge in [0.05, 0.1) is 0 Å². The average molecular weight is 275 g/mol. The Bertz CT molecular complexity index is 593. The van der Waals surface area contributed by atoms with Gasteiger partial charge in [-0.05, 0) is 31.1 Å². The van der Waals surface area contributed by atoms with E-state index in [0.717, 1.165) is 28.6 Å². The van der Waals surface area contributed by atoms with Crippen molar-refractivity contribution in [3.8, 4) is 0 Å². The lowest BCUT2D eigenvalue weighted by molar-refractivity contribution is 1.01. The van der Waals surface area contributed by atoms with Gasteiger partial charge in [-0.25, -0.2) is 4.99 Å². The molecule has 0 spiro atoms. The fourth-order valence-corrected chi connectivity index (χ4v) is 2.72. The van der Waals surface area contributed by atoms with Crippen LogP contribution in [0.1, 0.15) is 12.0 Å². The molecule has 2 aromatic rings. The first kappa shape index (κ1) is 9.85. The van der Waals surface area contributed by atoms with Crippen molar-refractivity contribution in [1.29, 1.82) is 0 Å². The number of rotatable bonds is 0. The summed E-state index contributed by atoms with van der Waals surface area (Å²) in [6.07, 6.45) is 8.10. The van der Waals surface area contributed by atoms with Crippen LogP contribution in [0, 0.1) is 0 Å². The van der Waals surface area contributed by atoms with Gasteiger partial charge in [0.25, 0.3) is 0 Å². The van der Waals surface area contributed by atoms with Crippen LogP contribution in [0.2, 0.25) is 0 Å². The normalized spacial score (nSPS) is 18.8. The summed E-state index contributed by atoms with van der Waals surface area (Å²) in [5, 5.41) is 1.27. The maximum Gasteiger partial charge on any atom is 0.134 e. The molecule has 0 saturated carbocycles. The van der Waals surface area contributed by atoms with Crippen LogP contribution in [-0.2, 0) is 6.42 Å². The molecule has 16 heavy (non-hydrogen) atoms. The van der Waals surface area contributed by atoms with Crippen molar-refractivity contribution >= 4 is 38.9 Å². The summed E-state index contributed by atoms with van der Waals surface area (Å²) in [4.78, 5) is 7.80. The summed E-state index contributed by atoms with van der Waals surface area (Å²) in [6.45, 7) is 0. The van der Waals surface area contributed by atoms with Gasteiger partial charge in [0.1, 0.15) is 5.82 Å². The molecule has 0 fully saturated rings. The van der Waals surface area contributed by atoms with E-state index in [-0.39, 0.29) is 0 Å². The fourth-order valence-electron chi connectivity index (χ4n) is 2.11. The second-order valence-corrected chi connectivity index (χ2v) is 4.71. The minimum Gasteiger partial charge on any atom is -0.339 e. The van der Waals surface area contributed by atoms with Crippen molar-refractivity contribution in [1.82, 2.24) is 4.98 Å². The number of nitrogens with zero attached hydrogens (tertiary/aromatic N) is 1. The highest BCUT2D eigenvalue weighted by Gasteiger charge is 2.12. The largest absolute Gasteiger partial charge is 0.339 e. The highest BCUT2D eigenvalue weighted by atomic mass is 79.9. The van der Waals surface area contributed by atoms with Gasteiger partial charge in [0.2, 0.25) is 0 Å². The first-order valence-electron chi connectivity index (χ1n) is 5.34. The van der Waals surface area contributed by atoms with Crippen LogP contribution < -0.4 is 0 Å². The molecule has 0 aliphatic carbocycles. The van der Waals surface area contributed by atoms with Crippen LogP contribution in [0.15, 0.2) is 39.8 Å². The third kappa shape index (κ3) is 1.52. The maximum atomic E-state index is 4.44. The quantitative estimate of drug-likeness (QED) is 0.748. The summed E-state index contributed by atoms with van der Waals surface area (Å²) in [5.74, 6) is 0.992. The van der Waals surface area contributed by atoms with E-state index in [0.29, 0.717) is 0 Å². The van der Waals surface area contributed by atoms with Crippen LogP contribution in [0.4, 0.5) is 5.82 Å². The van der Waals surface area contributed by atoms with Gasteiger partial charge < -0.3 is 4.98 Å². The van der Waals surface area contributed by atoms with Gasteiger partial charge >= 0.3 is 0 Å². The lowest BCUT2D eigenvalue weighted by Crippen LogP contribution is -1.85. The van der Waals surface area contributed by atoms with E-state index in [1.165, 1.54) is 10.9 Å². The molecule has 1 aromatic heterocycles. The van der Waals surface area contributed by atoms with E-state index in [4.69, 9.17) is 0 Å². The molecule has 1 N–H and O–H groups in total. The van der Waals surface area contributed by atoms with E-state index in [1.807, 2.05) is 18.4 Å². The highest BCUT2D eigenvalue weighted by Crippen LogP contribution is 2.34. The van der Waals surface area contributed by atoms with E-state index >= 15 is 0 Å². The number of halogens is 1. The number of aromatic amines is 1. The van der Waals surface area contributed by atoms with E-state index in [1.54, 1.807) is 0 Å². The molecular weight excluding hydrogens is 264 g/mol. The Hall–Kier alpha value is -1.35. The molecule has 0 bridgehead atoms. The third-order valence-electron chi connectivity index (χ3n) is 2.84. The number of allylic oxidation sites excluding steroid dienone is 2. The smallest absolute Gasteiger partial charge is 0.134 e. The fraction of sp³-hybridized carbons (Fsp3) is 0.154. The SMILES string of the molecule is Brc1cccc2[nH]c3c(c12)CC/C=C\C=N/3. The number of aliphatic imine (C=N–C) groups is 1. The standard InChI is InChI=1S/C13H11BrN2/c14-10-6-4-7-11-12(10)9-5-2-1-3-8-15-13(9)16-11/h1,3-4,6-8,16H,2,5H2/b3-1-,15-8-. The van der Waals surface area contributed by atoms with Gasteiger partial charge in [-0.15, -0.1) is 0 Å². The topological polar surface area (TPSA) is 28.1 Å². The molecule has 3 rings (SSSR count). The number of H-pyrrole nitrogens is 1. The number of aromatic nitrogens is 1. The van der Waals surface area contributed by atoms with Crippen LogP contribution in [-0.4, -0.2) is 11.2 Å². The Morgan fingerprint density at radius 1 is 1.31 bits per heavy atom. The summed E-state index contributed by atoms with van der Waals surface area (Å²) in [5.41, 5.74) is 2.46. The molecule has 80 valence electrons. The first-order valence-corrected chi connectivity index (χ1v) is 6.14. The number of hydrogen-bond acceptors (Lipinski definition) is 1. The molecule has 3 heteroatoms. The van der Waals surface area contributed by atoms with Crippen LogP contribution in [0.5, 0.6) is 0 Å². The first-order chi connectivity index (χ1) is 7.86. The summed E-state index contributed by atoms with van der Waals surface area (Å²) >= 11 is 3.61. The molecule has 0 amide bonds. The van der Waals surface area contributed by atoms with Gasteiger partial charge in [0.15, 0.2) is 0 Å². The second-order valence-electron chi connectivity index (χ2n) is 3.86. The van der Waals surface area contributed by atoms with E-state index < -0.39 is 0 Å². The van der Waals surface area contributed by atoms with Gasteiger partial charge in [-0.2, -0.15) is 0 Å². The molecule has 1 aliphatic rings. The molecule has 1 aliphatic heterocycles. The number of hydrogen-bond donors (Lipinski definition) is 1. The zero-order chi connectivity index (χ0) is 11.0. The number of benzene rings is 1. The predicted octanol–water partition coefficient (Wildman–Crippen LogP) is 4.14.